The van der Waals surface area contributed by atoms with Crippen molar-refractivity contribution in [3.05, 3.63) is 53.6 Å². The summed E-state index contributed by atoms with van der Waals surface area (Å²) in [6, 6.07) is 11.6. The van der Waals surface area contributed by atoms with E-state index in [0.717, 1.165) is 11.3 Å². The van der Waals surface area contributed by atoms with Crippen molar-refractivity contribution in [2.75, 3.05) is 17.2 Å². The van der Waals surface area contributed by atoms with Gasteiger partial charge in [-0.15, -0.1) is 0 Å². The van der Waals surface area contributed by atoms with E-state index in [-0.39, 0.29) is 24.2 Å². The number of nitrogens with two attached hydrogens (primary N) is 1. The zero-order valence-electron chi connectivity index (χ0n) is 14.4. The number of amides is 2. The molecular weight excluding hydrogens is 370 g/mol. The number of carbonyl (C=O) groups excluding carboxylic acids is 2. The van der Waals surface area contributed by atoms with Crippen LogP contribution in [0.1, 0.15) is 17.5 Å². The molecule has 9 heteroatoms. The number of anilines is 2. The molecule has 0 saturated carbocycles. The number of benzene rings is 2. The maximum atomic E-state index is 12.0. The summed E-state index contributed by atoms with van der Waals surface area (Å²) in [6.45, 7) is -0.177. The van der Waals surface area contributed by atoms with Crippen molar-refractivity contribution >= 4 is 33.2 Å². The van der Waals surface area contributed by atoms with Crippen molar-refractivity contribution in [1.29, 1.82) is 0 Å². The maximum Gasteiger partial charge on any atom is 0.262 e. The van der Waals surface area contributed by atoms with E-state index in [1.54, 1.807) is 36.4 Å². The Kier molecular flexibility index (Phi) is 5.43. The minimum absolute atomic E-state index is 0.00868. The van der Waals surface area contributed by atoms with Gasteiger partial charge < -0.3 is 15.4 Å². The van der Waals surface area contributed by atoms with Crippen molar-refractivity contribution in [2.24, 2.45) is 5.14 Å². The normalized spacial score (nSPS) is 13.4. The Labute approximate surface area is 156 Å². The molecule has 0 fully saturated rings. The van der Waals surface area contributed by atoms with Gasteiger partial charge >= 0.3 is 0 Å². The monoisotopic (exact) mass is 389 g/mol. The molecule has 4 N–H and O–H groups in total. The molecule has 2 aromatic rings. The van der Waals surface area contributed by atoms with Crippen LogP contribution in [0.25, 0.3) is 0 Å². The van der Waals surface area contributed by atoms with Crippen molar-refractivity contribution in [3.8, 4) is 5.75 Å². The van der Waals surface area contributed by atoms with Crippen LogP contribution in [0.3, 0.4) is 0 Å². The predicted molar refractivity (Wildman–Crippen MR) is 101 cm³/mol. The molecule has 3 rings (SSSR count). The second kappa shape index (κ2) is 7.77. The molecule has 8 nitrogen and oxygen atoms in total. The highest BCUT2D eigenvalue weighted by molar-refractivity contribution is 7.88. The van der Waals surface area contributed by atoms with Gasteiger partial charge in [0.1, 0.15) is 5.75 Å². The van der Waals surface area contributed by atoms with Crippen LogP contribution in [-0.2, 0) is 31.8 Å². The highest BCUT2D eigenvalue weighted by Gasteiger charge is 2.15. The fourth-order valence-corrected chi connectivity index (χ4v) is 3.37. The van der Waals surface area contributed by atoms with E-state index >= 15 is 0 Å². The Morgan fingerprint density at radius 1 is 1.15 bits per heavy atom. The number of hydrogen-bond acceptors (Lipinski definition) is 5. The third kappa shape index (κ3) is 5.53. The summed E-state index contributed by atoms with van der Waals surface area (Å²) in [4.78, 5) is 23.4. The molecule has 2 aromatic carbocycles. The average Bonchev–Trinajstić information content (AvgIpc) is 2.60. The molecule has 27 heavy (non-hydrogen) atoms. The first-order valence-corrected chi connectivity index (χ1v) is 9.95. The third-order valence-electron chi connectivity index (χ3n) is 3.95. The molecule has 0 bridgehead atoms. The van der Waals surface area contributed by atoms with Gasteiger partial charge in [-0.05, 0) is 47.9 Å². The number of hydrogen-bond donors (Lipinski definition) is 3. The van der Waals surface area contributed by atoms with Crippen LogP contribution in [0.15, 0.2) is 42.5 Å². The van der Waals surface area contributed by atoms with E-state index in [2.05, 4.69) is 10.6 Å². The smallest absolute Gasteiger partial charge is 0.262 e. The van der Waals surface area contributed by atoms with Crippen molar-refractivity contribution in [2.45, 2.75) is 18.6 Å². The summed E-state index contributed by atoms with van der Waals surface area (Å²) in [5.41, 5.74) is 2.79. The van der Waals surface area contributed by atoms with Gasteiger partial charge in [-0.1, -0.05) is 12.1 Å². The lowest BCUT2D eigenvalue weighted by atomic mass is 10.0. The van der Waals surface area contributed by atoms with E-state index < -0.39 is 10.0 Å². The zero-order valence-corrected chi connectivity index (χ0v) is 15.2. The molecule has 1 aliphatic heterocycles. The van der Waals surface area contributed by atoms with E-state index in [4.69, 9.17) is 9.88 Å². The third-order valence-corrected chi connectivity index (χ3v) is 4.68. The van der Waals surface area contributed by atoms with Crippen LogP contribution < -0.4 is 20.5 Å². The van der Waals surface area contributed by atoms with Crippen LogP contribution >= 0.6 is 0 Å². The van der Waals surface area contributed by atoms with E-state index in [9.17, 15) is 18.0 Å². The number of ether oxygens (including phenoxy) is 1. The molecule has 0 radical (unpaired) electrons. The molecule has 0 aromatic heterocycles. The quantitative estimate of drug-likeness (QED) is 0.688. The minimum atomic E-state index is -3.59. The van der Waals surface area contributed by atoms with Gasteiger partial charge in [0.25, 0.3) is 5.91 Å². The molecule has 0 atom stereocenters. The lowest BCUT2D eigenvalue weighted by molar-refractivity contribution is -0.118. The highest BCUT2D eigenvalue weighted by Crippen LogP contribution is 2.26. The maximum absolute atomic E-state index is 12.0. The molecule has 0 saturated heterocycles. The Morgan fingerprint density at radius 3 is 2.59 bits per heavy atom. The Bertz CT molecular complexity index is 971. The van der Waals surface area contributed by atoms with Crippen molar-refractivity contribution in [3.63, 3.8) is 0 Å². The van der Waals surface area contributed by atoms with Crippen molar-refractivity contribution < 1.29 is 22.7 Å². The second-order valence-corrected chi connectivity index (χ2v) is 7.82. The Balaban J connectivity index is 1.53. The fraction of sp³-hybridized carbons (Fsp3) is 0.222. The number of rotatable bonds is 6. The number of nitrogens with one attached hydrogen (secondary N) is 2. The van der Waals surface area contributed by atoms with E-state index in [1.807, 2.05) is 6.07 Å². The second-order valence-electron chi connectivity index (χ2n) is 6.21. The SMILES string of the molecule is NS(=O)(=O)Cc1ccc(NC(=O)COc2ccc3c(c2)CCC(=O)N3)cc1. The summed E-state index contributed by atoms with van der Waals surface area (Å²) in [7, 11) is -3.59. The fourth-order valence-electron chi connectivity index (χ4n) is 2.71. The molecule has 1 heterocycles. The van der Waals surface area contributed by atoms with Gasteiger partial charge in [-0.2, -0.15) is 0 Å². The largest absolute Gasteiger partial charge is 0.484 e. The molecule has 2 amide bonds. The van der Waals surface area contributed by atoms with Crippen LogP contribution in [-0.4, -0.2) is 26.8 Å². The van der Waals surface area contributed by atoms with E-state index in [1.165, 1.54) is 0 Å². The molecular formula is C18H19N3O5S. The number of sulfonamides is 1. The standard InChI is InChI=1S/C18H19N3O5S/c19-27(24,25)11-12-1-4-14(5-2-12)20-18(23)10-26-15-6-7-16-13(9-15)3-8-17(22)21-16/h1-2,4-7,9H,3,8,10-11H2,(H,20,23)(H,21,22)(H2,19,24,25). The van der Waals surface area contributed by atoms with Crippen LogP contribution in [0.5, 0.6) is 5.75 Å². The van der Waals surface area contributed by atoms with E-state index in [0.29, 0.717) is 29.8 Å². The minimum Gasteiger partial charge on any atom is -0.484 e. The lowest BCUT2D eigenvalue weighted by Gasteiger charge is -2.17. The number of primary sulfonamides is 1. The lowest BCUT2D eigenvalue weighted by Crippen LogP contribution is -2.21. The summed E-state index contributed by atoms with van der Waals surface area (Å²) in [6.07, 6.45) is 1.06. The highest BCUT2D eigenvalue weighted by atomic mass is 32.2. The molecule has 142 valence electrons. The summed E-state index contributed by atoms with van der Waals surface area (Å²) < 4.78 is 27.6. The first-order valence-electron chi connectivity index (χ1n) is 8.23. The number of aryl methyl sites for hydroxylation is 1. The first-order chi connectivity index (χ1) is 12.8. The van der Waals surface area contributed by atoms with Crippen LogP contribution in [0.4, 0.5) is 11.4 Å². The molecule has 0 aliphatic carbocycles. The Morgan fingerprint density at radius 2 is 1.89 bits per heavy atom. The number of fused-ring (bicyclic) bond motifs is 1. The van der Waals surface area contributed by atoms with Gasteiger partial charge in [0.05, 0.1) is 5.75 Å². The first kappa shape index (κ1) is 18.9. The summed E-state index contributed by atoms with van der Waals surface area (Å²) in [5.74, 6) is -0.0715. The van der Waals surface area contributed by atoms with Gasteiger partial charge in [0.2, 0.25) is 15.9 Å². The predicted octanol–water partition coefficient (Wildman–Crippen LogP) is 1.38. The topological polar surface area (TPSA) is 128 Å². The zero-order chi connectivity index (χ0) is 19.4. The van der Waals surface area contributed by atoms with Crippen LogP contribution in [0, 0.1) is 0 Å². The summed E-state index contributed by atoms with van der Waals surface area (Å²) in [5, 5.41) is 10.4. The van der Waals surface area contributed by atoms with Crippen molar-refractivity contribution in [1.82, 2.24) is 0 Å². The molecule has 0 unspecified atom stereocenters. The van der Waals surface area contributed by atoms with Crippen LogP contribution in [0.2, 0.25) is 0 Å². The molecule has 0 spiro atoms. The molecule has 1 aliphatic rings. The van der Waals surface area contributed by atoms with Gasteiger partial charge in [-0.25, -0.2) is 13.6 Å². The average molecular weight is 389 g/mol. The number of carbonyl (C=O) groups is 2. The summed E-state index contributed by atoms with van der Waals surface area (Å²) >= 11 is 0. The van der Waals surface area contributed by atoms with Gasteiger partial charge in [0, 0.05) is 17.8 Å². The van der Waals surface area contributed by atoms with Gasteiger partial charge in [-0.3, -0.25) is 9.59 Å². The van der Waals surface area contributed by atoms with Gasteiger partial charge in [0.15, 0.2) is 6.61 Å². The Hall–Kier alpha value is -2.91.